The van der Waals surface area contributed by atoms with Crippen LogP contribution in [-0.2, 0) is 44.5 Å². The van der Waals surface area contributed by atoms with Crippen molar-refractivity contribution in [2.24, 2.45) is 17.3 Å². The predicted molar refractivity (Wildman–Crippen MR) is 196 cm³/mol. The molecule has 0 aliphatic heterocycles. The molecule has 1 aromatic rings. The Morgan fingerprint density at radius 1 is 0.725 bits per heavy atom. The highest BCUT2D eigenvalue weighted by molar-refractivity contribution is 5.70. The molecule has 2 atom stereocenters. The van der Waals surface area contributed by atoms with E-state index in [4.69, 9.17) is 36.5 Å². The molecule has 0 bridgehead atoms. The number of allylic oxidation sites excluding steroid dienone is 2. The third-order valence-corrected chi connectivity index (χ3v) is 9.06. The van der Waals surface area contributed by atoms with Crippen molar-refractivity contribution in [3.63, 3.8) is 0 Å². The van der Waals surface area contributed by atoms with Crippen LogP contribution in [0.3, 0.4) is 0 Å². The molecule has 0 unspecified atom stereocenters. The van der Waals surface area contributed by atoms with E-state index < -0.39 is 36.3 Å². The molecule has 0 amide bonds. The quantitative estimate of drug-likeness (QED) is 0.0233. The van der Waals surface area contributed by atoms with Gasteiger partial charge in [-0.05, 0) is 75.7 Å². The molecule has 0 saturated heterocycles. The number of benzene rings is 1. The molecule has 51 heavy (non-hydrogen) atoms. The first kappa shape index (κ1) is 42.9. The van der Waals surface area contributed by atoms with E-state index in [0.717, 1.165) is 31.1 Å². The number of carbonyl (C=O) groups is 4. The molecule has 1 fully saturated rings. The van der Waals surface area contributed by atoms with Gasteiger partial charge in [0, 0.05) is 32.1 Å². The lowest BCUT2D eigenvalue weighted by Gasteiger charge is -2.27. The van der Waals surface area contributed by atoms with Crippen molar-refractivity contribution < 1.29 is 42.9 Å². The summed E-state index contributed by atoms with van der Waals surface area (Å²) in [6.45, 7) is 0.422. The summed E-state index contributed by atoms with van der Waals surface area (Å²) in [6, 6.07) is 10.7. The summed E-state index contributed by atoms with van der Waals surface area (Å²) in [7, 11) is 0. The van der Waals surface area contributed by atoms with Gasteiger partial charge >= 0.3 is 24.1 Å². The number of aryl methyl sites for hydroxylation is 1. The number of unbranched alkanes of at least 4 members (excludes halogenated alkanes) is 5. The van der Waals surface area contributed by atoms with Crippen LogP contribution in [0.5, 0.6) is 0 Å². The molecule has 0 heterocycles. The van der Waals surface area contributed by atoms with Gasteiger partial charge in [0.25, 0.3) is 0 Å². The highest BCUT2D eigenvalue weighted by atomic mass is 16.8. The van der Waals surface area contributed by atoms with Crippen molar-refractivity contribution in [1.29, 1.82) is 0 Å². The van der Waals surface area contributed by atoms with Gasteiger partial charge in [0.2, 0.25) is 6.79 Å². The van der Waals surface area contributed by atoms with Crippen molar-refractivity contribution in [3.8, 4) is 24.7 Å². The second kappa shape index (κ2) is 26.6. The van der Waals surface area contributed by atoms with Crippen LogP contribution in [0.1, 0.15) is 122 Å². The van der Waals surface area contributed by atoms with E-state index in [9.17, 15) is 19.2 Å². The average molecular weight is 707 g/mol. The number of hydrogen-bond donors (Lipinski definition) is 0. The Morgan fingerprint density at radius 2 is 1.33 bits per heavy atom. The van der Waals surface area contributed by atoms with Gasteiger partial charge in [-0.1, -0.05) is 74.6 Å². The fourth-order valence-electron chi connectivity index (χ4n) is 6.05. The van der Waals surface area contributed by atoms with Crippen molar-refractivity contribution in [2.75, 3.05) is 26.6 Å². The monoisotopic (exact) mass is 706 g/mol. The summed E-state index contributed by atoms with van der Waals surface area (Å²) in [5.74, 6) is 5.08. The van der Waals surface area contributed by atoms with Crippen molar-refractivity contribution in [2.45, 2.75) is 122 Å². The van der Waals surface area contributed by atoms with Gasteiger partial charge in [-0.15, -0.1) is 24.7 Å². The fraction of sp³-hybridized carbons (Fsp3) is 0.619. The van der Waals surface area contributed by atoms with Gasteiger partial charge < -0.3 is 23.7 Å². The van der Waals surface area contributed by atoms with E-state index in [2.05, 4.69) is 54.3 Å². The van der Waals surface area contributed by atoms with Gasteiger partial charge in [0.05, 0.1) is 5.41 Å². The van der Waals surface area contributed by atoms with Crippen LogP contribution in [0.4, 0.5) is 4.79 Å². The van der Waals surface area contributed by atoms with Crippen LogP contribution in [-0.4, -0.2) is 50.7 Å². The van der Waals surface area contributed by atoms with Crippen LogP contribution in [0.2, 0.25) is 0 Å². The zero-order valence-electron chi connectivity index (χ0n) is 30.6. The van der Waals surface area contributed by atoms with Crippen LogP contribution < -0.4 is 0 Å². The van der Waals surface area contributed by atoms with Gasteiger partial charge in [-0.25, -0.2) is 4.79 Å². The lowest BCUT2D eigenvalue weighted by molar-refractivity contribution is -0.156. The van der Waals surface area contributed by atoms with Crippen molar-refractivity contribution in [1.82, 2.24) is 0 Å². The summed E-state index contributed by atoms with van der Waals surface area (Å²) in [5, 5.41) is 0. The molecule has 1 aliphatic carbocycles. The van der Waals surface area contributed by atoms with E-state index in [1.54, 1.807) is 6.92 Å². The number of terminal acetylenes is 2. The minimum absolute atomic E-state index is 0.133. The van der Waals surface area contributed by atoms with Crippen LogP contribution >= 0.6 is 0 Å². The Hall–Kier alpha value is -4.24. The molecule has 280 valence electrons. The minimum Gasteiger partial charge on any atom is -0.465 e. The molecule has 0 radical (unpaired) electrons. The van der Waals surface area contributed by atoms with E-state index in [-0.39, 0.29) is 39.1 Å². The zero-order valence-corrected chi connectivity index (χ0v) is 30.6. The summed E-state index contributed by atoms with van der Waals surface area (Å²) in [4.78, 5) is 48.5. The molecule has 1 aliphatic rings. The molecule has 9 heteroatoms. The first-order valence-electron chi connectivity index (χ1n) is 18.6. The Labute approximate surface area is 305 Å². The normalized spacial score (nSPS) is 15.4. The summed E-state index contributed by atoms with van der Waals surface area (Å²) < 4.78 is 25.7. The third kappa shape index (κ3) is 20.9. The first-order valence-corrected chi connectivity index (χ1v) is 18.6. The van der Waals surface area contributed by atoms with E-state index in [1.165, 1.54) is 50.5 Å². The molecule has 1 saturated carbocycles. The van der Waals surface area contributed by atoms with Gasteiger partial charge in [-0.3, -0.25) is 14.4 Å². The summed E-state index contributed by atoms with van der Waals surface area (Å²) >= 11 is 0. The number of ether oxygens (including phenoxy) is 5. The standard InChI is InChI=1S/C42H58O9/c1-4-6-12-28-38(43)47-31-42(3,32-48-39(44)29-13-7-5-2)33-49-41(46)51-34-50-40(45)30-19-9-8-17-24-36-26-20-27-37(36)25-18-11-16-23-35-21-14-10-15-22-35/h1-2,8,10,14-15,17,21-22,36-37H,6-7,9,11-13,16,18-20,23-34H2,3H3/b17-8-/t36-,37-/m0/s1. The lowest BCUT2D eigenvalue weighted by Crippen LogP contribution is -2.37. The maximum Gasteiger partial charge on any atom is 0.511 e. The molecule has 2 rings (SSSR count). The second-order valence-corrected chi connectivity index (χ2v) is 13.7. The molecule has 9 nitrogen and oxygen atoms in total. The molecular weight excluding hydrogens is 648 g/mol. The molecule has 0 spiro atoms. The smallest absolute Gasteiger partial charge is 0.465 e. The highest BCUT2D eigenvalue weighted by Crippen LogP contribution is 2.37. The first-order chi connectivity index (χ1) is 24.7. The van der Waals surface area contributed by atoms with Crippen LogP contribution in [0.25, 0.3) is 0 Å². The molecule has 0 N–H and O–H groups in total. The number of esters is 3. The summed E-state index contributed by atoms with van der Waals surface area (Å²) in [5.41, 5.74) is 0.379. The van der Waals surface area contributed by atoms with Gasteiger partial charge in [0.15, 0.2) is 0 Å². The SMILES string of the molecule is C#CCCCC(=O)OCC(C)(COC(=O)CCCC#C)COC(=O)OCOC(=O)CCC/C=C\C[C@H]1CCC[C@@H]1CCCCCc1ccccc1. The summed E-state index contributed by atoms with van der Waals surface area (Å²) in [6.07, 6.45) is 28.9. The Balaban J connectivity index is 1.60. The number of rotatable bonds is 26. The third-order valence-electron chi connectivity index (χ3n) is 9.06. The van der Waals surface area contributed by atoms with Crippen molar-refractivity contribution >= 4 is 24.1 Å². The maximum absolute atomic E-state index is 12.2. The number of hydrogen-bond acceptors (Lipinski definition) is 9. The van der Waals surface area contributed by atoms with Crippen LogP contribution in [0, 0.1) is 41.9 Å². The average Bonchev–Trinajstić information content (AvgIpc) is 3.58. The van der Waals surface area contributed by atoms with E-state index in [1.807, 2.05) is 0 Å². The fourth-order valence-corrected chi connectivity index (χ4v) is 6.05. The minimum atomic E-state index is -1.07. The largest absolute Gasteiger partial charge is 0.511 e. The second-order valence-electron chi connectivity index (χ2n) is 13.7. The molecule has 1 aromatic carbocycles. The lowest BCUT2D eigenvalue weighted by atomic mass is 9.88. The molecule has 0 aromatic heterocycles. The Morgan fingerprint density at radius 3 is 2.00 bits per heavy atom. The van der Waals surface area contributed by atoms with Gasteiger partial charge in [-0.2, -0.15) is 0 Å². The molecular formula is C42H58O9. The van der Waals surface area contributed by atoms with E-state index in [0.29, 0.717) is 32.1 Å². The predicted octanol–water partition coefficient (Wildman–Crippen LogP) is 8.68. The highest BCUT2D eigenvalue weighted by Gasteiger charge is 2.31. The number of carbonyl (C=O) groups excluding carboxylic acids is 4. The van der Waals surface area contributed by atoms with Crippen LogP contribution in [0.15, 0.2) is 42.5 Å². The Bertz CT molecular complexity index is 1240. The topological polar surface area (TPSA) is 114 Å². The maximum atomic E-state index is 12.2. The van der Waals surface area contributed by atoms with Gasteiger partial charge in [0.1, 0.15) is 19.8 Å². The Kier molecular flexibility index (Phi) is 22.3. The van der Waals surface area contributed by atoms with E-state index >= 15 is 0 Å². The zero-order chi connectivity index (χ0) is 37.0. The van der Waals surface area contributed by atoms with Crippen molar-refractivity contribution in [3.05, 3.63) is 48.0 Å².